The Hall–Kier alpha value is -0.0400. The minimum atomic E-state index is 0.471. The summed E-state index contributed by atoms with van der Waals surface area (Å²) in [7, 11) is 2.34. The van der Waals surface area contributed by atoms with E-state index in [1.807, 2.05) is 0 Å². The third-order valence-electron chi connectivity index (χ3n) is 7.84. The van der Waals surface area contributed by atoms with E-state index in [2.05, 4.69) is 81.2 Å². The van der Waals surface area contributed by atoms with Crippen molar-refractivity contribution in [1.82, 2.24) is 4.90 Å². The second-order valence-electron chi connectivity index (χ2n) is 10.7. The first-order valence-corrected chi connectivity index (χ1v) is 11.2. The van der Waals surface area contributed by atoms with E-state index >= 15 is 0 Å². The van der Waals surface area contributed by atoms with Gasteiger partial charge >= 0.3 is 0 Å². The molecule has 1 fully saturated rings. The molecule has 6 unspecified atom stereocenters. The molecule has 0 N–H and O–H groups in total. The molecule has 0 aliphatic carbocycles. The lowest BCUT2D eigenvalue weighted by molar-refractivity contribution is -0.0818. The predicted octanol–water partition coefficient (Wildman–Crippen LogP) is 7.11. The minimum Gasteiger partial charge on any atom is -0.301 e. The zero-order valence-electron chi connectivity index (χ0n) is 19.4. The van der Waals surface area contributed by atoms with Gasteiger partial charge in [-0.1, -0.05) is 55.4 Å². The van der Waals surface area contributed by atoms with Crippen LogP contribution in [0, 0.1) is 40.9 Å². The largest absolute Gasteiger partial charge is 0.301 e. The molecule has 0 aromatic carbocycles. The standard InChI is InChI=1S/C24H49N/c1-16(2)12-18(5)24(19(6)13-17(3)4)20(7)14-22(9)25(11)23(10)15-21(24)8/h16-23H,12-15H2,1-11H3. The maximum absolute atomic E-state index is 2.64. The number of rotatable bonds is 6. The molecule has 0 amide bonds. The van der Waals surface area contributed by atoms with Crippen LogP contribution in [-0.2, 0) is 0 Å². The first-order valence-electron chi connectivity index (χ1n) is 11.2. The van der Waals surface area contributed by atoms with Gasteiger partial charge in [0.25, 0.3) is 0 Å². The van der Waals surface area contributed by atoms with Crippen LogP contribution in [-0.4, -0.2) is 24.0 Å². The second-order valence-corrected chi connectivity index (χ2v) is 10.7. The van der Waals surface area contributed by atoms with Crippen LogP contribution in [0.5, 0.6) is 0 Å². The average molecular weight is 352 g/mol. The van der Waals surface area contributed by atoms with Gasteiger partial charge in [-0.3, -0.25) is 0 Å². The summed E-state index contributed by atoms with van der Waals surface area (Å²) in [6, 6.07) is 1.38. The highest BCUT2D eigenvalue weighted by atomic mass is 15.2. The Kier molecular flexibility index (Phi) is 8.51. The Bertz CT molecular complexity index is 350. The monoisotopic (exact) mass is 351 g/mol. The zero-order chi connectivity index (χ0) is 19.5. The molecule has 1 aliphatic heterocycles. The van der Waals surface area contributed by atoms with Crippen LogP contribution >= 0.6 is 0 Å². The molecular formula is C24H49N. The van der Waals surface area contributed by atoms with Crippen molar-refractivity contribution in [3.63, 3.8) is 0 Å². The van der Waals surface area contributed by atoms with Crippen LogP contribution in [0.2, 0.25) is 0 Å². The van der Waals surface area contributed by atoms with E-state index in [4.69, 9.17) is 0 Å². The Morgan fingerprint density at radius 2 is 1.04 bits per heavy atom. The summed E-state index contributed by atoms with van der Waals surface area (Å²) in [5, 5.41) is 0. The summed E-state index contributed by atoms with van der Waals surface area (Å²) in [6.45, 7) is 24.9. The summed E-state index contributed by atoms with van der Waals surface area (Å²) in [5.41, 5.74) is 0.471. The van der Waals surface area contributed by atoms with E-state index < -0.39 is 0 Å². The van der Waals surface area contributed by atoms with Crippen LogP contribution < -0.4 is 0 Å². The van der Waals surface area contributed by atoms with E-state index in [0.717, 1.165) is 35.5 Å². The van der Waals surface area contributed by atoms with Crippen molar-refractivity contribution >= 4 is 0 Å². The molecule has 1 heterocycles. The molecule has 25 heavy (non-hydrogen) atoms. The topological polar surface area (TPSA) is 3.24 Å². The normalized spacial score (nSPS) is 37.8. The average Bonchev–Trinajstić information content (AvgIpc) is 2.44. The molecular weight excluding hydrogens is 302 g/mol. The van der Waals surface area contributed by atoms with E-state index in [1.165, 1.54) is 25.7 Å². The Balaban J connectivity index is 3.36. The van der Waals surface area contributed by atoms with Crippen molar-refractivity contribution in [3.8, 4) is 0 Å². The van der Waals surface area contributed by atoms with Gasteiger partial charge in [0.1, 0.15) is 0 Å². The van der Waals surface area contributed by atoms with Crippen LogP contribution in [0.15, 0.2) is 0 Å². The summed E-state index contributed by atoms with van der Waals surface area (Å²) in [6.07, 6.45) is 5.43. The van der Waals surface area contributed by atoms with Crippen molar-refractivity contribution in [3.05, 3.63) is 0 Å². The predicted molar refractivity (Wildman–Crippen MR) is 114 cm³/mol. The third-order valence-corrected chi connectivity index (χ3v) is 7.84. The number of likely N-dealkylation sites (tertiary alicyclic amines) is 1. The van der Waals surface area contributed by atoms with Gasteiger partial charge in [0.2, 0.25) is 0 Å². The van der Waals surface area contributed by atoms with Gasteiger partial charge in [0.05, 0.1) is 0 Å². The molecule has 0 aromatic rings. The Labute approximate surface area is 160 Å². The van der Waals surface area contributed by atoms with Crippen LogP contribution in [0.1, 0.15) is 94.9 Å². The maximum Gasteiger partial charge on any atom is 0.00694 e. The highest BCUT2D eigenvalue weighted by Gasteiger charge is 2.50. The van der Waals surface area contributed by atoms with Gasteiger partial charge in [-0.15, -0.1) is 0 Å². The zero-order valence-corrected chi connectivity index (χ0v) is 19.4. The molecule has 1 saturated heterocycles. The van der Waals surface area contributed by atoms with Crippen molar-refractivity contribution in [2.24, 2.45) is 40.9 Å². The van der Waals surface area contributed by atoms with Gasteiger partial charge in [0.15, 0.2) is 0 Å². The highest BCUT2D eigenvalue weighted by Crippen LogP contribution is 2.56. The van der Waals surface area contributed by atoms with Gasteiger partial charge in [-0.05, 0) is 87.5 Å². The SMILES string of the molecule is CC(C)CC(C)C1(C(C)CC(C)C)C(C)CC(C)N(C)C(C)CC1C. The van der Waals surface area contributed by atoms with Crippen molar-refractivity contribution < 1.29 is 0 Å². The summed E-state index contributed by atoms with van der Waals surface area (Å²) < 4.78 is 0. The van der Waals surface area contributed by atoms with Gasteiger partial charge in [-0.2, -0.15) is 0 Å². The van der Waals surface area contributed by atoms with Crippen molar-refractivity contribution in [2.45, 2.75) is 107 Å². The molecule has 0 bridgehead atoms. The molecule has 1 nitrogen and oxygen atoms in total. The smallest absolute Gasteiger partial charge is 0.00694 e. The highest BCUT2D eigenvalue weighted by molar-refractivity contribution is 5.00. The number of hydrogen-bond donors (Lipinski definition) is 0. The molecule has 0 spiro atoms. The third kappa shape index (κ3) is 5.02. The van der Waals surface area contributed by atoms with E-state index in [1.54, 1.807) is 0 Å². The lowest BCUT2D eigenvalue weighted by atomic mass is 9.50. The Morgan fingerprint density at radius 1 is 0.720 bits per heavy atom. The molecule has 150 valence electrons. The lowest BCUT2D eigenvalue weighted by Crippen LogP contribution is -2.53. The van der Waals surface area contributed by atoms with Crippen molar-refractivity contribution in [1.29, 1.82) is 0 Å². The lowest BCUT2D eigenvalue weighted by Gasteiger charge is -2.57. The summed E-state index contributed by atoms with van der Waals surface area (Å²) in [5.74, 6) is 4.76. The van der Waals surface area contributed by atoms with Crippen molar-refractivity contribution in [2.75, 3.05) is 7.05 Å². The van der Waals surface area contributed by atoms with E-state index in [0.29, 0.717) is 17.5 Å². The molecule has 0 aromatic heterocycles. The number of hydrogen-bond acceptors (Lipinski definition) is 1. The van der Waals surface area contributed by atoms with Gasteiger partial charge in [-0.25, -0.2) is 0 Å². The summed E-state index contributed by atoms with van der Waals surface area (Å²) >= 11 is 0. The quantitative estimate of drug-likeness (QED) is 0.492. The molecule has 1 rings (SSSR count). The van der Waals surface area contributed by atoms with Crippen LogP contribution in [0.25, 0.3) is 0 Å². The van der Waals surface area contributed by atoms with E-state index in [-0.39, 0.29) is 0 Å². The van der Waals surface area contributed by atoms with Gasteiger partial charge < -0.3 is 4.90 Å². The molecule has 0 saturated carbocycles. The van der Waals surface area contributed by atoms with Gasteiger partial charge in [0, 0.05) is 12.1 Å². The second kappa shape index (κ2) is 9.25. The molecule has 1 heteroatoms. The van der Waals surface area contributed by atoms with E-state index in [9.17, 15) is 0 Å². The fourth-order valence-corrected chi connectivity index (χ4v) is 6.94. The Morgan fingerprint density at radius 3 is 1.32 bits per heavy atom. The first-order chi connectivity index (χ1) is 11.4. The number of nitrogens with zero attached hydrogens (tertiary/aromatic N) is 1. The molecule has 0 radical (unpaired) electrons. The maximum atomic E-state index is 2.64. The molecule has 6 atom stereocenters. The minimum absolute atomic E-state index is 0.471. The molecule has 1 aliphatic rings. The van der Waals surface area contributed by atoms with Crippen LogP contribution in [0.3, 0.4) is 0 Å². The first kappa shape index (κ1) is 23.0. The summed E-state index contributed by atoms with van der Waals surface area (Å²) in [4.78, 5) is 2.64. The van der Waals surface area contributed by atoms with Crippen LogP contribution in [0.4, 0.5) is 0 Å². The fourth-order valence-electron chi connectivity index (χ4n) is 6.94. The fraction of sp³-hybridized carbons (Fsp3) is 1.00.